The topological polar surface area (TPSA) is 105 Å². The van der Waals surface area contributed by atoms with Crippen LogP contribution in [0.15, 0.2) is 17.0 Å². The maximum Gasteiger partial charge on any atom is 0.274 e. The molecule has 0 radical (unpaired) electrons. The summed E-state index contributed by atoms with van der Waals surface area (Å²) in [5.41, 5.74) is -0.477. The molecule has 0 saturated carbocycles. The zero-order valence-corrected chi connectivity index (χ0v) is 13.1. The largest absolute Gasteiger partial charge is 0.492 e. The predicted octanol–water partition coefficient (Wildman–Crippen LogP) is 1.94. The Morgan fingerprint density at radius 3 is 2.43 bits per heavy atom. The monoisotopic (exact) mass is 339 g/mol. The molecule has 0 spiro atoms. The van der Waals surface area contributed by atoms with Crippen molar-refractivity contribution in [3.63, 3.8) is 0 Å². The lowest BCUT2D eigenvalue weighted by Gasteiger charge is -2.15. The average molecular weight is 340 g/mol. The quantitative estimate of drug-likeness (QED) is 0.424. The third kappa shape index (κ3) is 4.45. The molecule has 1 aromatic rings. The number of rotatable bonds is 7. The van der Waals surface area contributed by atoms with Gasteiger partial charge in [-0.25, -0.2) is 8.42 Å². The SMILES string of the molecule is COc1c(OCC(C)OC)cc([N+](=O)[O-])cc1S(=O)(=O)Cl. The van der Waals surface area contributed by atoms with Gasteiger partial charge in [-0.05, 0) is 6.92 Å². The number of halogens is 1. The Labute approximate surface area is 126 Å². The van der Waals surface area contributed by atoms with Crippen molar-refractivity contribution in [3.8, 4) is 11.5 Å². The van der Waals surface area contributed by atoms with E-state index in [1.165, 1.54) is 14.2 Å². The number of nitro benzene ring substituents is 1. The highest BCUT2D eigenvalue weighted by Gasteiger charge is 2.26. The fraction of sp³-hybridized carbons (Fsp3) is 0.455. The number of benzene rings is 1. The van der Waals surface area contributed by atoms with Crippen molar-refractivity contribution in [2.24, 2.45) is 0 Å². The smallest absolute Gasteiger partial charge is 0.274 e. The molecule has 0 aliphatic heterocycles. The molecule has 0 amide bonds. The van der Waals surface area contributed by atoms with E-state index in [1.807, 2.05) is 0 Å². The van der Waals surface area contributed by atoms with Gasteiger partial charge >= 0.3 is 0 Å². The van der Waals surface area contributed by atoms with Crippen LogP contribution in [0.3, 0.4) is 0 Å². The number of methoxy groups -OCH3 is 2. The molecule has 21 heavy (non-hydrogen) atoms. The summed E-state index contributed by atoms with van der Waals surface area (Å²) in [4.78, 5) is 9.59. The van der Waals surface area contributed by atoms with E-state index in [1.54, 1.807) is 6.92 Å². The first-order valence-corrected chi connectivity index (χ1v) is 7.98. The van der Waals surface area contributed by atoms with Gasteiger partial charge in [0.25, 0.3) is 14.7 Å². The van der Waals surface area contributed by atoms with Gasteiger partial charge in [-0.15, -0.1) is 0 Å². The van der Waals surface area contributed by atoms with E-state index < -0.39 is 24.6 Å². The summed E-state index contributed by atoms with van der Waals surface area (Å²) in [5, 5.41) is 10.9. The molecule has 1 aromatic carbocycles. The molecule has 1 atom stereocenters. The Bertz CT molecular complexity index is 632. The Kier molecular flexibility index (Phi) is 5.76. The van der Waals surface area contributed by atoms with Crippen molar-refractivity contribution in [1.29, 1.82) is 0 Å². The van der Waals surface area contributed by atoms with Crippen LogP contribution in [0.25, 0.3) is 0 Å². The van der Waals surface area contributed by atoms with Gasteiger partial charge in [-0.2, -0.15) is 0 Å². The van der Waals surface area contributed by atoms with Crippen LogP contribution in [0.1, 0.15) is 6.92 Å². The molecule has 0 aliphatic carbocycles. The van der Waals surface area contributed by atoms with Crippen LogP contribution in [0, 0.1) is 10.1 Å². The second kappa shape index (κ2) is 6.92. The van der Waals surface area contributed by atoms with Crippen molar-refractivity contribution in [2.75, 3.05) is 20.8 Å². The minimum Gasteiger partial charge on any atom is -0.492 e. The zero-order valence-electron chi connectivity index (χ0n) is 11.5. The van der Waals surface area contributed by atoms with Gasteiger partial charge in [0, 0.05) is 23.9 Å². The number of nitro groups is 1. The van der Waals surface area contributed by atoms with Crippen molar-refractivity contribution < 1.29 is 27.6 Å². The Hall–Kier alpha value is -1.58. The molecular weight excluding hydrogens is 326 g/mol. The maximum atomic E-state index is 11.5. The van der Waals surface area contributed by atoms with Crippen LogP contribution in [-0.4, -0.2) is 40.3 Å². The lowest BCUT2D eigenvalue weighted by molar-refractivity contribution is -0.385. The Balaban J connectivity index is 3.39. The van der Waals surface area contributed by atoms with E-state index >= 15 is 0 Å². The standard InChI is InChI=1S/C11H14ClNO7S/c1-7(18-2)6-20-9-4-8(13(14)15)5-10(11(9)19-3)21(12,16)17/h4-5,7H,6H2,1-3H3. The second-order valence-corrected chi connectivity index (χ2v) is 6.56. The molecule has 0 fully saturated rings. The molecule has 0 saturated heterocycles. The Morgan fingerprint density at radius 2 is 2.00 bits per heavy atom. The third-order valence-corrected chi connectivity index (χ3v) is 3.89. The van der Waals surface area contributed by atoms with Crippen LogP contribution in [0.2, 0.25) is 0 Å². The first-order valence-electron chi connectivity index (χ1n) is 5.67. The summed E-state index contributed by atoms with van der Waals surface area (Å²) >= 11 is 0. The van der Waals surface area contributed by atoms with E-state index in [2.05, 4.69) is 0 Å². The van der Waals surface area contributed by atoms with Gasteiger partial charge in [0.2, 0.25) is 0 Å². The number of non-ortho nitro benzene ring substituents is 1. The highest BCUT2D eigenvalue weighted by Crippen LogP contribution is 2.39. The minimum atomic E-state index is -4.24. The van der Waals surface area contributed by atoms with Crippen molar-refractivity contribution >= 4 is 25.4 Å². The van der Waals surface area contributed by atoms with E-state index in [-0.39, 0.29) is 24.2 Å². The summed E-state index contributed by atoms with van der Waals surface area (Å²) in [6.45, 7) is 1.76. The van der Waals surface area contributed by atoms with Gasteiger partial charge in [0.05, 0.1) is 24.2 Å². The molecule has 10 heteroatoms. The summed E-state index contributed by atoms with van der Waals surface area (Å²) in [6.07, 6.45) is -0.301. The average Bonchev–Trinajstić information content (AvgIpc) is 2.42. The van der Waals surface area contributed by atoms with E-state index in [0.29, 0.717) is 0 Å². The lowest BCUT2D eigenvalue weighted by Crippen LogP contribution is -2.16. The van der Waals surface area contributed by atoms with Crippen LogP contribution < -0.4 is 9.47 Å². The summed E-state index contributed by atoms with van der Waals surface area (Å²) in [7, 11) is 3.71. The lowest BCUT2D eigenvalue weighted by atomic mass is 10.2. The van der Waals surface area contributed by atoms with Crippen LogP contribution in [0.4, 0.5) is 5.69 Å². The summed E-state index contributed by atoms with van der Waals surface area (Å²) in [5.74, 6) is -0.297. The Morgan fingerprint density at radius 1 is 1.38 bits per heavy atom. The van der Waals surface area contributed by atoms with Gasteiger partial charge in [0.1, 0.15) is 11.5 Å². The third-order valence-electron chi connectivity index (χ3n) is 2.56. The normalized spacial score (nSPS) is 12.8. The van der Waals surface area contributed by atoms with Gasteiger partial charge in [0.15, 0.2) is 11.5 Å². The predicted molar refractivity (Wildman–Crippen MR) is 74.7 cm³/mol. The molecule has 8 nitrogen and oxygen atoms in total. The van der Waals surface area contributed by atoms with Gasteiger partial charge in [-0.1, -0.05) is 0 Å². The molecule has 0 aliphatic rings. The number of nitrogens with zero attached hydrogens (tertiary/aromatic N) is 1. The van der Waals surface area contributed by atoms with Crippen LogP contribution in [0.5, 0.6) is 11.5 Å². The van der Waals surface area contributed by atoms with Crippen LogP contribution in [-0.2, 0) is 13.8 Å². The van der Waals surface area contributed by atoms with E-state index in [4.69, 9.17) is 24.9 Å². The molecule has 1 rings (SSSR count). The molecule has 118 valence electrons. The van der Waals surface area contributed by atoms with Crippen molar-refractivity contribution in [2.45, 2.75) is 17.9 Å². The molecule has 1 unspecified atom stereocenters. The molecule has 0 heterocycles. The number of hydrogen-bond acceptors (Lipinski definition) is 7. The van der Waals surface area contributed by atoms with Crippen molar-refractivity contribution in [1.82, 2.24) is 0 Å². The first-order chi connectivity index (χ1) is 9.70. The van der Waals surface area contributed by atoms with Gasteiger partial charge < -0.3 is 14.2 Å². The summed E-state index contributed by atoms with van der Waals surface area (Å²) < 4.78 is 38.3. The fourth-order valence-electron chi connectivity index (χ4n) is 1.43. The van der Waals surface area contributed by atoms with E-state index in [9.17, 15) is 18.5 Å². The molecule has 0 aromatic heterocycles. The zero-order chi connectivity index (χ0) is 16.2. The minimum absolute atomic E-state index is 0.0514. The van der Waals surface area contributed by atoms with Gasteiger partial charge in [-0.3, -0.25) is 10.1 Å². The fourth-order valence-corrected chi connectivity index (χ4v) is 2.44. The highest BCUT2D eigenvalue weighted by molar-refractivity contribution is 8.13. The van der Waals surface area contributed by atoms with Crippen molar-refractivity contribution in [3.05, 3.63) is 22.2 Å². The number of hydrogen-bond donors (Lipinski definition) is 0. The summed E-state index contributed by atoms with van der Waals surface area (Å²) in [6, 6.07) is 1.88. The molecular formula is C11H14ClNO7S. The molecule has 0 N–H and O–H groups in total. The first kappa shape index (κ1) is 17.5. The molecule has 0 bridgehead atoms. The maximum absolute atomic E-state index is 11.5. The number of ether oxygens (including phenoxy) is 3. The highest BCUT2D eigenvalue weighted by atomic mass is 35.7. The second-order valence-electron chi connectivity index (χ2n) is 4.03. The van der Waals surface area contributed by atoms with Crippen LogP contribution >= 0.6 is 10.7 Å². The van der Waals surface area contributed by atoms with E-state index in [0.717, 1.165) is 12.1 Å².